The number of aromatic amines is 1. The van der Waals surface area contributed by atoms with E-state index < -0.39 is 54.5 Å². The lowest BCUT2D eigenvalue weighted by molar-refractivity contribution is -0.143. The summed E-state index contributed by atoms with van der Waals surface area (Å²) >= 11 is 4.11. The summed E-state index contributed by atoms with van der Waals surface area (Å²) in [6.07, 6.45) is 3.03. The van der Waals surface area contributed by atoms with Crippen LogP contribution in [0.3, 0.4) is 0 Å². The molecule has 0 spiro atoms. The number of aliphatic carboxylic acids is 1. The standard InChI is InChI=1S/C21H28N6O6S/c22-14(6-12-4-2-1-3-5-12)18(29)27-17(10-34)20(31)25-15(7-13-8-23-11-24-13)19(30)26-16(9-28)21(32)33/h1-5,8,11,14-17,28,34H,6-7,9-10,22H2,(H,23,24)(H,25,31)(H,26,30)(H,27,29)(H,32,33). The molecule has 1 heterocycles. The van der Waals surface area contributed by atoms with E-state index in [1.807, 2.05) is 30.3 Å². The number of benzene rings is 1. The molecule has 2 aromatic rings. The molecule has 184 valence electrons. The third-order valence-electron chi connectivity index (χ3n) is 4.86. The smallest absolute Gasteiger partial charge is 0.328 e. The van der Waals surface area contributed by atoms with Gasteiger partial charge in [0.2, 0.25) is 17.7 Å². The minimum Gasteiger partial charge on any atom is -0.480 e. The molecular weight excluding hydrogens is 464 g/mol. The average molecular weight is 493 g/mol. The number of hydrogen-bond donors (Lipinski definition) is 8. The van der Waals surface area contributed by atoms with Crippen molar-refractivity contribution in [3.05, 3.63) is 54.1 Å². The fourth-order valence-corrected chi connectivity index (χ4v) is 3.25. The van der Waals surface area contributed by atoms with E-state index in [1.165, 1.54) is 12.5 Å². The number of nitrogens with one attached hydrogen (secondary N) is 4. The van der Waals surface area contributed by atoms with Gasteiger partial charge < -0.3 is 36.9 Å². The molecule has 0 aliphatic rings. The van der Waals surface area contributed by atoms with Gasteiger partial charge in [-0.3, -0.25) is 14.4 Å². The third kappa shape index (κ3) is 8.17. The number of imidazole rings is 1. The number of hydrogen-bond acceptors (Lipinski definition) is 8. The maximum Gasteiger partial charge on any atom is 0.328 e. The minimum atomic E-state index is -1.55. The van der Waals surface area contributed by atoms with Crippen molar-refractivity contribution in [1.82, 2.24) is 25.9 Å². The maximum absolute atomic E-state index is 12.8. The first-order valence-corrected chi connectivity index (χ1v) is 11.0. The average Bonchev–Trinajstić information content (AvgIpc) is 3.33. The zero-order valence-electron chi connectivity index (χ0n) is 18.2. The van der Waals surface area contributed by atoms with Crippen molar-refractivity contribution in [1.29, 1.82) is 0 Å². The molecule has 12 nitrogen and oxygen atoms in total. The molecule has 0 aliphatic heterocycles. The van der Waals surface area contributed by atoms with E-state index in [0.29, 0.717) is 5.69 Å². The SMILES string of the molecule is NC(Cc1ccccc1)C(=O)NC(CS)C(=O)NC(Cc1cnc[nH]1)C(=O)NC(CO)C(=O)O. The number of nitrogens with zero attached hydrogens (tertiary/aromatic N) is 1. The molecule has 8 N–H and O–H groups in total. The van der Waals surface area contributed by atoms with E-state index in [2.05, 4.69) is 38.5 Å². The number of carboxylic acids is 1. The predicted molar refractivity (Wildman–Crippen MR) is 125 cm³/mol. The van der Waals surface area contributed by atoms with Crippen LogP contribution in [-0.4, -0.2) is 80.4 Å². The number of nitrogens with two attached hydrogens (primary N) is 1. The van der Waals surface area contributed by atoms with E-state index in [-0.39, 0.29) is 18.6 Å². The summed E-state index contributed by atoms with van der Waals surface area (Å²) in [4.78, 5) is 55.8. The van der Waals surface area contributed by atoms with Crippen LogP contribution in [0, 0.1) is 0 Å². The van der Waals surface area contributed by atoms with E-state index >= 15 is 0 Å². The largest absolute Gasteiger partial charge is 0.480 e. The first-order valence-electron chi connectivity index (χ1n) is 10.4. The van der Waals surface area contributed by atoms with Crippen molar-refractivity contribution in [2.24, 2.45) is 5.73 Å². The molecule has 34 heavy (non-hydrogen) atoms. The Morgan fingerprint density at radius 2 is 1.59 bits per heavy atom. The lowest BCUT2D eigenvalue weighted by Crippen LogP contribution is -2.58. The predicted octanol–water partition coefficient (Wildman–Crippen LogP) is -2.02. The van der Waals surface area contributed by atoms with Gasteiger partial charge >= 0.3 is 5.97 Å². The second-order valence-electron chi connectivity index (χ2n) is 7.46. The second kappa shape index (κ2) is 13.3. The zero-order valence-corrected chi connectivity index (χ0v) is 19.1. The number of amides is 3. The molecule has 0 radical (unpaired) electrons. The van der Waals surface area contributed by atoms with Crippen LogP contribution in [0.2, 0.25) is 0 Å². The van der Waals surface area contributed by atoms with Gasteiger partial charge in [-0.05, 0) is 12.0 Å². The van der Waals surface area contributed by atoms with Crippen molar-refractivity contribution >= 4 is 36.3 Å². The highest BCUT2D eigenvalue weighted by Crippen LogP contribution is 2.04. The zero-order chi connectivity index (χ0) is 25.1. The Hall–Kier alpha value is -3.42. The lowest BCUT2D eigenvalue weighted by Gasteiger charge is -2.24. The number of thiol groups is 1. The fourth-order valence-electron chi connectivity index (χ4n) is 2.99. The number of carboxylic acid groups (broad SMARTS) is 1. The van der Waals surface area contributed by atoms with Gasteiger partial charge in [0.05, 0.1) is 19.0 Å². The Balaban J connectivity index is 2.05. The number of aliphatic hydroxyl groups excluding tert-OH is 1. The van der Waals surface area contributed by atoms with Gasteiger partial charge in [-0.25, -0.2) is 9.78 Å². The highest BCUT2D eigenvalue weighted by atomic mass is 32.1. The van der Waals surface area contributed by atoms with Gasteiger partial charge in [-0.15, -0.1) is 0 Å². The molecule has 0 aliphatic carbocycles. The number of aromatic nitrogens is 2. The highest BCUT2D eigenvalue weighted by Gasteiger charge is 2.30. The highest BCUT2D eigenvalue weighted by molar-refractivity contribution is 7.80. The van der Waals surface area contributed by atoms with Gasteiger partial charge in [0, 0.05) is 24.1 Å². The molecule has 4 atom stereocenters. The normalized spacial score (nSPS) is 14.3. The molecule has 0 fully saturated rings. The summed E-state index contributed by atoms with van der Waals surface area (Å²) < 4.78 is 0. The molecule has 3 amide bonds. The van der Waals surface area contributed by atoms with E-state index in [1.54, 1.807) is 0 Å². The van der Waals surface area contributed by atoms with Crippen LogP contribution >= 0.6 is 12.6 Å². The molecule has 1 aromatic carbocycles. The molecular formula is C21H28N6O6S. The Kier molecular flexibility index (Phi) is 10.5. The Morgan fingerprint density at radius 3 is 2.15 bits per heavy atom. The van der Waals surface area contributed by atoms with Crippen molar-refractivity contribution in [2.45, 2.75) is 37.0 Å². The molecule has 4 unspecified atom stereocenters. The van der Waals surface area contributed by atoms with Gasteiger partial charge in [0.25, 0.3) is 0 Å². The summed E-state index contributed by atoms with van der Waals surface area (Å²) in [5.74, 6) is -3.64. The van der Waals surface area contributed by atoms with Crippen molar-refractivity contribution in [3.63, 3.8) is 0 Å². The van der Waals surface area contributed by atoms with Crippen LogP contribution < -0.4 is 21.7 Å². The summed E-state index contributed by atoms with van der Waals surface area (Å²) in [5.41, 5.74) is 7.31. The number of aliphatic hydroxyl groups is 1. The van der Waals surface area contributed by atoms with Crippen LogP contribution in [0.1, 0.15) is 11.3 Å². The van der Waals surface area contributed by atoms with E-state index in [9.17, 15) is 24.3 Å². The quantitative estimate of drug-likeness (QED) is 0.146. The Bertz CT molecular complexity index is 958. The van der Waals surface area contributed by atoms with Crippen LogP contribution in [0.15, 0.2) is 42.9 Å². The number of rotatable bonds is 13. The summed E-state index contributed by atoms with van der Waals surface area (Å²) in [5, 5.41) is 25.4. The van der Waals surface area contributed by atoms with Crippen molar-refractivity contribution in [3.8, 4) is 0 Å². The minimum absolute atomic E-state index is 0.0455. The van der Waals surface area contributed by atoms with E-state index in [0.717, 1.165) is 5.56 Å². The van der Waals surface area contributed by atoms with Gasteiger partial charge in [0.15, 0.2) is 0 Å². The van der Waals surface area contributed by atoms with Gasteiger partial charge in [0.1, 0.15) is 18.1 Å². The van der Waals surface area contributed by atoms with Crippen LogP contribution in [0.25, 0.3) is 0 Å². The Labute approximate surface area is 201 Å². The molecule has 13 heteroatoms. The first-order chi connectivity index (χ1) is 16.2. The van der Waals surface area contributed by atoms with Crippen LogP contribution in [-0.2, 0) is 32.0 Å². The number of carbonyl (C=O) groups is 4. The monoisotopic (exact) mass is 492 g/mol. The second-order valence-corrected chi connectivity index (χ2v) is 7.83. The third-order valence-corrected chi connectivity index (χ3v) is 5.22. The summed E-state index contributed by atoms with van der Waals surface area (Å²) in [6.45, 7) is -0.833. The first kappa shape index (κ1) is 26.8. The van der Waals surface area contributed by atoms with Gasteiger partial charge in [-0.1, -0.05) is 30.3 Å². The maximum atomic E-state index is 12.8. The number of H-pyrrole nitrogens is 1. The van der Waals surface area contributed by atoms with Crippen LogP contribution in [0.4, 0.5) is 0 Å². The summed E-state index contributed by atoms with van der Waals surface area (Å²) in [6, 6.07) is 4.33. The molecule has 0 saturated heterocycles. The number of carbonyl (C=O) groups excluding carboxylic acids is 3. The molecule has 2 rings (SSSR count). The molecule has 0 saturated carbocycles. The Morgan fingerprint density at radius 1 is 0.971 bits per heavy atom. The molecule has 0 bridgehead atoms. The fraction of sp³-hybridized carbons (Fsp3) is 0.381. The molecule has 1 aromatic heterocycles. The topological polar surface area (TPSA) is 200 Å². The van der Waals surface area contributed by atoms with Crippen molar-refractivity contribution < 1.29 is 29.4 Å². The van der Waals surface area contributed by atoms with Crippen molar-refractivity contribution in [2.75, 3.05) is 12.4 Å². The summed E-state index contributed by atoms with van der Waals surface area (Å²) in [7, 11) is 0. The van der Waals surface area contributed by atoms with E-state index in [4.69, 9.17) is 10.8 Å². The van der Waals surface area contributed by atoms with Gasteiger partial charge in [-0.2, -0.15) is 12.6 Å². The van der Waals surface area contributed by atoms with Crippen LogP contribution in [0.5, 0.6) is 0 Å². The lowest BCUT2D eigenvalue weighted by atomic mass is 10.1.